The first kappa shape index (κ1) is 12.0. The van der Waals surface area contributed by atoms with E-state index in [2.05, 4.69) is 0 Å². The Hall–Kier alpha value is -1.52. The molecule has 1 aliphatic heterocycles. The van der Waals surface area contributed by atoms with Gasteiger partial charge in [0.25, 0.3) is 5.91 Å². The van der Waals surface area contributed by atoms with E-state index in [0.29, 0.717) is 12.0 Å². The lowest BCUT2D eigenvalue weighted by molar-refractivity contribution is -0.141. The Morgan fingerprint density at radius 1 is 1.35 bits per heavy atom. The molecule has 2 nitrogen and oxygen atoms in total. The maximum atomic E-state index is 12.3. The zero-order chi connectivity index (χ0) is 12.6. The van der Waals surface area contributed by atoms with E-state index in [1.165, 1.54) is 0 Å². The van der Waals surface area contributed by atoms with Crippen molar-refractivity contribution in [3.05, 3.63) is 34.9 Å². The summed E-state index contributed by atoms with van der Waals surface area (Å²) in [7, 11) is 0. The fraction of sp³-hybridized carbons (Fsp3) is 0.417. The zero-order valence-corrected chi connectivity index (χ0v) is 9.34. The van der Waals surface area contributed by atoms with Crippen molar-refractivity contribution < 1.29 is 18.0 Å². The first-order valence-electron chi connectivity index (χ1n) is 5.33. The van der Waals surface area contributed by atoms with Crippen LogP contribution in [0.15, 0.2) is 18.2 Å². The molecular formula is C12H12F3NO. The van der Waals surface area contributed by atoms with E-state index < -0.39 is 18.6 Å². The molecule has 0 spiro atoms. The molecule has 0 aromatic heterocycles. The number of halogens is 3. The third kappa shape index (κ3) is 2.43. The third-order valence-corrected chi connectivity index (χ3v) is 2.93. The van der Waals surface area contributed by atoms with E-state index >= 15 is 0 Å². The minimum absolute atomic E-state index is 0.135. The number of rotatable bonds is 1. The first-order valence-corrected chi connectivity index (χ1v) is 5.33. The highest BCUT2D eigenvalue weighted by Crippen LogP contribution is 2.25. The summed E-state index contributed by atoms with van der Waals surface area (Å²) in [6.45, 7) is 0.834. The van der Waals surface area contributed by atoms with Crippen molar-refractivity contribution in [1.29, 1.82) is 0 Å². The van der Waals surface area contributed by atoms with E-state index in [1.54, 1.807) is 12.1 Å². The maximum Gasteiger partial charge on any atom is 0.406 e. The van der Waals surface area contributed by atoms with Crippen LogP contribution in [-0.2, 0) is 6.42 Å². The fourth-order valence-corrected chi connectivity index (χ4v) is 2.12. The molecule has 0 radical (unpaired) electrons. The molecule has 2 rings (SSSR count). The van der Waals surface area contributed by atoms with Crippen LogP contribution in [0, 0.1) is 6.92 Å². The van der Waals surface area contributed by atoms with Gasteiger partial charge in [-0.3, -0.25) is 4.79 Å². The van der Waals surface area contributed by atoms with Crippen molar-refractivity contribution in [2.45, 2.75) is 19.5 Å². The van der Waals surface area contributed by atoms with Gasteiger partial charge in [-0.25, -0.2) is 0 Å². The average Bonchev–Trinajstić information content (AvgIpc) is 2.21. The molecule has 1 amide bonds. The number of carbonyl (C=O) groups is 1. The summed E-state index contributed by atoms with van der Waals surface area (Å²) >= 11 is 0. The van der Waals surface area contributed by atoms with Gasteiger partial charge in [0.2, 0.25) is 0 Å². The van der Waals surface area contributed by atoms with Crippen molar-refractivity contribution in [2.24, 2.45) is 0 Å². The van der Waals surface area contributed by atoms with Gasteiger partial charge in [-0.15, -0.1) is 0 Å². The number of carbonyl (C=O) groups excluding carboxylic acids is 1. The van der Waals surface area contributed by atoms with Crippen LogP contribution in [0.25, 0.3) is 0 Å². The molecule has 1 aliphatic rings. The summed E-state index contributed by atoms with van der Waals surface area (Å²) in [5.41, 5.74) is 2.24. The molecule has 0 aliphatic carbocycles. The van der Waals surface area contributed by atoms with Gasteiger partial charge in [-0.2, -0.15) is 13.2 Å². The lowest BCUT2D eigenvalue weighted by atomic mass is 9.95. The van der Waals surface area contributed by atoms with E-state index in [-0.39, 0.29) is 6.54 Å². The van der Waals surface area contributed by atoms with Crippen LogP contribution >= 0.6 is 0 Å². The Morgan fingerprint density at radius 3 is 2.71 bits per heavy atom. The summed E-state index contributed by atoms with van der Waals surface area (Å²) in [6.07, 6.45) is -3.85. The largest absolute Gasteiger partial charge is 0.406 e. The fourth-order valence-electron chi connectivity index (χ4n) is 2.12. The van der Waals surface area contributed by atoms with Crippen LogP contribution in [0.4, 0.5) is 13.2 Å². The van der Waals surface area contributed by atoms with Gasteiger partial charge in [0.15, 0.2) is 0 Å². The lowest BCUT2D eigenvalue weighted by Gasteiger charge is -2.30. The predicted octanol–water partition coefficient (Wildman–Crippen LogP) is 2.56. The van der Waals surface area contributed by atoms with Gasteiger partial charge < -0.3 is 4.90 Å². The SMILES string of the molecule is Cc1cccc2c1CCN(CC(F)(F)F)C2=O. The molecule has 1 aromatic carbocycles. The molecule has 92 valence electrons. The van der Waals surface area contributed by atoms with Crippen molar-refractivity contribution in [3.63, 3.8) is 0 Å². The summed E-state index contributed by atoms with van der Waals surface area (Å²) in [4.78, 5) is 12.7. The highest BCUT2D eigenvalue weighted by molar-refractivity contribution is 5.97. The topological polar surface area (TPSA) is 20.3 Å². The van der Waals surface area contributed by atoms with Gasteiger partial charge in [-0.05, 0) is 30.5 Å². The summed E-state index contributed by atoms with van der Waals surface area (Å²) < 4.78 is 36.8. The van der Waals surface area contributed by atoms with Crippen LogP contribution < -0.4 is 0 Å². The molecule has 1 heterocycles. The van der Waals surface area contributed by atoms with Crippen LogP contribution in [-0.4, -0.2) is 30.1 Å². The monoisotopic (exact) mass is 243 g/mol. The van der Waals surface area contributed by atoms with Crippen molar-refractivity contribution >= 4 is 5.91 Å². The Kier molecular flexibility index (Phi) is 2.85. The number of nitrogens with zero attached hydrogens (tertiary/aromatic N) is 1. The van der Waals surface area contributed by atoms with E-state index in [1.807, 2.05) is 13.0 Å². The normalized spacial score (nSPS) is 16.0. The molecule has 0 saturated carbocycles. The summed E-state index contributed by atoms with van der Waals surface area (Å²) in [5.74, 6) is -0.521. The average molecular weight is 243 g/mol. The quantitative estimate of drug-likeness (QED) is 0.742. The van der Waals surface area contributed by atoms with Crippen molar-refractivity contribution in [3.8, 4) is 0 Å². The second-order valence-corrected chi connectivity index (χ2v) is 4.19. The van der Waals surface area contributed by atoms with Crippen LogP contribution in [0.2, 0.25) is 0 Å². The third-order valence-electron chi connectivity index (χ3n) is 2.93. The molecule has 0 saturated heterocycles. The number of benzene rings is 1. The smallest absolute Gasteiger partial charge is 0.329 e. The highest BCUT2D eigenvalue weighted by atomic mass is 19.4. The Morgan fingerprint density at radius 2 is 2.06 bits per heavy atom. The van der Waals surface area contributed by atoms with Crippen LogP contribution in [0.3, 0.4) is 0 Å². The highest BCUT2D eigenvalue weighted by Gasteiger charge is 2.35. The van der Waals surface area contributed by atoms with E-state index in [0.717, 1.165) is 16.0 Å². The Bertz CT molecular complexity index is 454. The van der Waals surface area contributed by atoms with Gasteiger partial charge in [-0.1, -0.05) is 12.1 Å². The van der Waals surface area contributed by atoms with Crippen molar-refractivity contribution in [2.75, 3.05) is 13.1 Å². The molecule has 1 aromatic rings. The van der Waals surface area contributed by atoms with Gasteiger partial charge in [0.1, 0.15) is 6.54 Å². The Balaban J connectivity index is 2.28. The predicted molar refractivity (Wildman–Crippen MR) is 56.8 cm³/mol. The number of aryl methyl sites for hydroxylation is 1. The van der Waals surface area contributed by atoms with Crippen LogP contribution in [0.5, 0.6) is 0 Å². The lowest BCUT2D eigenvalue weighted by Crippen LogP contribution is -2.43. The van der Waals surface area contributed by atoms with Gasteiger partial charge in [0, 0.05) is 12.1 Å². The van der Waals surface area contributed by atoms with Crippen LogP contribution in [0.1, 0.15) is 21.5 Å². The molecule has 0 fully saturated rings. The zero-order valence-electron chi connectivity index (χ0n) is 9.34. The number of amides is 1. The Labute approximate surface area is 97.0 Å². The molecule has 17 heavy (non-hydrogen) atoms. The first-order chi connectivity index (χ1) is 7.88. The second kappa shape index (κ2) is 4.05. The maximum absolute atomic E-state index is 12.3. The van der Waals surface area contributed by atoms with Gasteiger partial charge in [0.05, 0.1) is 0 Å². The van der Waals surface area contributed by atoms with Crippen molar-refractivity contribution in [1.82, 2.24) is 4.90 Å². The van der Waals surface area contributed by atoms with Gasteiger partial charge >= 0.3 is 6.18 Å². The number of hydrogen-bond donors (Lipinski definition) is 0. The second-order valence-electron chi connectivity index (χ2n) is 4.19. The molecule has 0 atom stereocenters. The number of fused-ring (bicyclic) bond motifs is 1. The minimum Gasteiger partial charge on any atom is -0.329 e. The standard InChI is InChI=1S/C12H12F3NO/c1-8-3-2-4-10-9(8)5-6-16(11(10)17)7-12(13,14)15/h2-4H,5-7H2,1H3. The van der Waals surface area contributed by atoms with E-state index in [9.17, 15) is 18.0 Å². The molecule has 0 N–H and O–H groups in total. The molecule has 0 unspecified atom stereocenters. The summed E-state index contributed by atoms with van der Waals surface area (Å²) in [6, 6.07) is 5.15. The number of hydrogen-bond acceptors (Lipinski definition) is 1. The summed E-state index contributed by atoms with van der Waals surface area (Å²) in [5, 5.41) is 0. The van der Waals surface area contributed by atoms with E-state index in [4.69, 9.17) is 0 Å². The molecule has 0 bridgehead atoms. The molecular weight excluding hydrogens is 231 g/mol. The minimum atomic E-state index is -4.34. The number of alkyl halides is 3. The molecule has 5 heteroatoms.